The zero-order chi connectivity index (χ0) is 14.3. The molecule has 0 radical (unpaired) electrons. The molecule has 0 saturated heterocycles. The first-order valence-electron chi connectivity index (χ1n) is 6.39. The molecule has 1 aromatic heterocycles. The van der Waals surface area contributed by atoms with Gasteiger partial charge in [0, 0.05) is 18.5 Å². The van der Waals surface area contributed by atoms with E-state index in [4.69, 9.17) is 0 Å². The van der Waals surface area contributed by atoms with Crippen LogP contribution in [0.3, 0.4) is 0 Å². The quantitative estimate of drug-likeness (QED) is 0.901. The zero-order valence-corrected chi connectivity index (χ0v) is 11.4. The maximum atomic E-state index is 12.8. The minimum Gasteiger partial charge on any atom is -0.313 e. The average Bonchev–Trinajstić information content (AvgIpc) is 2.66. The molecule has 0 saturated carbocycles. The van der Waals surface area contributed by atoms with E-state index in [0.717, 1.165) is 0 Å². The van der Waals surface area contributed by atoms with Gasteiger partial charge in [0.15, 0.2) is 0 Å². The van der Waals surface area contributed by atoms with Gasteiger partial charge in [-0.15, -0.1) is 10.2 Å². The Bertz CT molecular complexity index is 445. The summed E-state index contributed by atoms with van der Waals surface area (Å²) in [5.74, 6) is -0.0468. The number of nitrogens with one attached hydrogen (secondary N) is 1. The van der Waals surface area contributed by atoms with Crippen LogP contribution in [0.2, 0.25) is 0 Å². The lowest BCUT2D eigenvalue weighted by atomic mass is 9.99. The van der Waals surface area contributed by atoms with E-state index in [9.17, 15) is 13.2 Å². The van der Waals surface area contributed by atoms with E-state index in [1.807, 2.05) is 20.8 Å². The molecule has 1 aromatic rings. The van der Waals surface area contributed by atoms with E-state index in [2.05, 4.69) is 15.5 Å². The highest BCUT2D eigenvalue weighted by Gasteiger charge is 2.42. The lowest BCUT2D eigenvalue weighted by Crippen LogP contribution is -2.37. The molecule has 0 aromatic carbocycles. The number of nitrogens with zero attached hydrogens (tertiary/aromatic N) is 3. The normalized spacial score (nSPS) is 20.4. The third-order valence-corrected chi connectivity index (χ3v) is 3.26. The summed E-state index contributed by atoms with van der Waals surface area (Å²) < 4.78 is 39.9. The summed E-state index contributed by atoms with van der Waals surface area (Å²) in [6, 6.07) is 0. The van der Waals surface area contributed by atoms with Crippen molar-refractivity contribution in [3.05, 3.63) is 11.6 Å². The van der Waals surface area contributed by atoms with Gasteiger partial charge < -0.3 is 9.88 Å². The Balaban J connectivity index is 2.12. The van der Waals surface area contributed by atoms with Crippen LogP contribution in [0.15, 0.2) is 0 Å². The Morgan fingerprint density at radius 3 is 2.53 bits per heavy atom. The minimum atomic E-state index is -4.14. The summed E-state index contributed by atoms with van der Waals surface area (Å²) >= 11 is 0. The Morgan fingerprint density at radius 1 is 1.26 bits per heavy atom. The van der Waals surface area contributed by atoms with E-state index in [1.165, 1.54) is 0 Å². The molecule has 1 unspecified atom stereocenters. The van der Waals surface area contributed by atoms with Crippen molar-refractivity contribution in [3.8, 4) is 0 Å². The van der Waals surface area contributed by atoms with E-state index >= 15 is 0 Å². The van der Waals surface area contributed by atoms with Crippen LogP contribution in [-0.4, -0.2) is 26.5 Å². The number of halogens is 3. The molecule has 19 heavy (non-hydrogen) atoms. The largest absolute Gasteiger partial charge is 0.393 e. The van der Waals surface area contributed by atoms with Crippen molar-refractivity contribution in [2.45, 2.75) is 58.4 Å². The van der Waals surface area contributed by atoms with Crippen LogP contribution >= 0.6 is 0 Å². The van der Waals surface area contributed by atoms with Crippen molar-refractivity contribution in [1.82, 2.24) is 20.1 Å². The third-order valence-electron chi connectivity index (χ3n) is 3.26. The first-order chi connectivity index (χ1) is 8.67. The number of fused-ring (bicyclic) bond motifs is 1. The Hall–Kier alpha value is -1.11. The number of alkyl halides is 3. The van der Waals surface area contributed by atoms with E-state index < -0.39 is 12.1 Å². The van der Waals surface area contributed by atoms with Gasteiger partial charge in [0.05, 0.1) is 12.5 Å². The monoisotopic (exact) mass is 276 g/mol. The van der Waals surface area contributed by atoms with Crippen LogP contribution in [0.5, 0.6) is 0 Å². The van der Waals surface area contributed by atoms with Gasteiger partial charge in [0.2, 0.25) is 0 Å². The van der Waals surface area contributed by atoms with Crippen LogP contribution < -0.4 is 5.32 Å². The second-order valence-corrected chi connectivity index (χ2v) is 6.02. The van der Waals surface area contributed by atoms with Crippen molar-refractivity contribution < 1.29 is 13.2 Å². The van der Waals surface area contributed by atoms with Crippen LogP contribution in [0.25, 0.3) is 0 Å². The second kappa shape index (κ2) is 4.77. The lowest BCUT2D eigenvalue weighted by Gasteiger charge is -2.27. The minimum absolute atomic E-state index is 0.0625. The second-order valence-electron chi connectivity index (χ2n) is 6.02. The highest BCUT2D eigenvalue weighted by Crippen LogP contribution is 2.34. The molecule has 1 aliphatic rings. The molecule has 7 heteroatoms. The van der Waals surface area contributed by atoms with Crippen molar-refractivity contribution in [1.29, 1.82) is 0 Å². The van der Waals surface area contributed by atoms with Crippen LogP contribution in [0, 0.1) is 5.92 Å². The molecule has 0 fully saturated rings. The maximum absolute atomic E-state index is 12.8. The number of aromatic nitrogens is 3. The molecule has 1 aliphatic heterocycles. The summed E-state index contributed by atoms with van der Waals surface area (Å²) in [7, 11) is 0. The molecule has 1 atom stereocenters. The molecule has 0 aliphatic carbocycles. The van der Waals surface area contributed by atoms with E-state index in [1.54, 1.807) is 4.57 Å². The lowest BCUT2D eigenvalue weighted by molar-refractivity contribution is -0.182. The molecule has 0 amide bonds. The third kappa shape index (κ3) is 3.46. The summed E-state index contributed by atoms with van der Waals surface area (Å²) in [4.78, 5) is 0. The van der Waals surface area contributed by atoms with Crippen molar-refractivity contribution in [2.75, 3.05) is 0 Å². The molecule has 0 bridgehead atoms. The maximum Gasteiger partial charge on any atom is 0.393 e. The summed E-state index contributed by atoms with van der Waals surface area (Å²) in [5, 5.41) is 11.2. The predicted octanol–water partition coefficient (Wildman–Crippen LogP) is 2.29. The SMILES string of the molecule is CC(C)(C)NCc1nnc2n1CC(C(F)(F)F)CC2. The van der Waals surface area contributed by atoms with E-state index in [-0.39, 0.29) is 18.5 Å². The van der Waals surface area contributed by atoms with Crippen molar-refractivity contribution in [3.63, 3.8) is 0 Å². The molecular weight excluding hydrogens is 257 g/mol. The molecule has 2 heterocycles. The first kappa shape index (κ1) is 14.3. The number of hydrogen-bond donors (Lipinski definition) is 1. The number of rotatable bonds is 2. The average molecular weight is 276 g/mol. The van der Waals surface area contributed by atoms with Crippen molar-refractivity contribution >= 4 is 0 Å². The van der Waals surface area contributed by atoms with E-state index in [0.29, 0.717) is 24.6 Å². The smallest absolute Gasteiger partial charge is 0.313 e. The van der Waals surface area contributed by atoms with Gasteiger partial charge in [-0.25, -0.2) is 0 Å². The molecule has 0 spiro atoms. The van der Waals surface area contributed by atoms with Crippen LogP contribution in [-0.2, 0) is 19.5 Å². The molecule has 1 N–H and O–H groups in total. The fourth-order valence-corrected chi connectivity index (χ4v) is 2.13. The first-order valence-corrected chi connectivity index (χ1v) is 6.39. The predicted molar refractivity (Wildman–Crippen MR) is 64.5 cm³/mol. The number of aryl methyl sites for hydroxylation is 1. The Kier molecular flexibility index (Phi) is 3.59. The summed E-state index contributed by atoms with van der Waals surface area (Å²) in [6.45, 7) is 6.37. The molecule has 2 rings (SSSR count). The highest BCUT2D eigenvalue weighted by atomic mass is 19.4. The van der Waals surface area contributed by atoms with Gasteiger partial charge >= 0.3 is 6.18 Å². The zero-order valence-electron chi connectivity index (χ0n) is 11.4. The fourth-order valence-electron chi connectivity index (χ4n) is 2.13. The van der Waals surface area contributed by atoms with Gasteiger partial charge in [-0.05, 0) is 27.2 Å². The van der Waals surface area contributed by atoms with Gasteiger partial charge in [0.1, 0.15) is 11.6 Å². The fraction of sp³-hybridized carbons (Fsp3) is 0.833. The summed E-state index contributed by atoms with van der Waals surface area (Å²) in [5.41, 5.74) is -0.107. The van der Waals surface area contributed by atoms with Gasteiger partial charge in [-0.1, -0.05) is 0 Å². The Labute approximate surface area is 110 Å². The van der Waals surface area contributed by atoms with Gasteiger partial charge in [-0.2, -0.15) is 13.2 Å². The summed E-state index contributed by atoms with van der Waals surface area (Å²) in [6.07, 6.45) is -3.70. The van der Waals surface area contributed by atoms with Gasteiger partial charge in [0.25, 0.3) is 0 Å². The molecule has 108 valence electrons. The highest BCUT2D eigenvalue weighted by molar-refractivity contribution is 5.01. The Morgan fingerprint density at radius 2 is 1.95 bits per heavy atom. The molecular formula is C12H19F3N4. The van der Waals surface area contributed by atoms with Crippen molar-refractivity contribution in [2.24, 2.45) is 5.92 Å². The van der Waals surface area contributed by atoms with Crippen LogP contribution in [0.1, 0.15) is 38.8 Å². The topological polar surface area (TPSA) is 42.7 Å². The van der Waals surface area contributed by atoms with Crippen LogP contribution in [0.4, 0.5) is 13.2 Å². The number of hydrogen-bond acceptors (Lipinski definition) is 3. The molecule has 4 nitrogen and oxygen atoms in total. The van der Waals surface area contributed by atoms with Gasteiger partial charge in [-0.3, -0.25) is 0 Å². The standard InChI is InChI=1S/C12H19F3N4/c1-11(2,3)16-6-10-18-17-9-5-4-8(7-19(9)10)12(13,14)15/h8,16H,4-7H2,1-3H3.